The van der Waals surface area contributed by atoms with Crippen LogP contribution in [0, 0.1) is 0 Å². The number of allylic oxidation sites excluding steroid dienone is 4. The van der Waals surface area contributed by atoms with Crippen LogP contribution in [0.25, 0.3) is 0 Å². The number of ether oxygens (including phenoxy) is 3. The van der Waals surface area contributed by atoms with Crippen molar-refractivity contribution in [1.82, 2.24) is 0 Å². The predicted molar refractivity (Wildman–Crippen MR) is 192 cm³/mol. The number of nitrogens with zero attached hydrogens (tertiary/aromatic N) is 1. The lowest BCUT2D eigenvalue weighted by Crippen LogP contribution is -2.50. The largest absolute Gasteiger partial charge is 0.477 e. The number of hydrogen-bond acceptors (Lipinski definition) is 6. The van der Waals surface area contributed by atoms with Crippen molar-refractivity contribution in [3.8, 4) is 0 Å². The van der Waals surface area contributed by atoms with Crippen molar-refractivity contribution >= 4 is 17.9 Å². The number of hydrogen-bond donors (Lipinski definition) is 1. The predicted octanol–water partition coefficient (Wildman–Crippen LogP) is 9.35. The number of carboxylic acids is 1. The van der Waals surface area contributed by atoms with Gasteiger partial charge in [-0.05, 0) is 57.8 Å². The second-order valence-electron chi connectivity index (χ2n) is 13.8. The van der Waals surface area contributed by atoms with Crippen molar-refractivity contribution in [2.75, 3.05) is 41.0 Å². The van der Waals surface area contributed by atoms with E-state index in [0.717, 1.165) is 44.9 Å². The van der Waals surface area contributed by atoms with Crippen molar-refractivity contribution < 1.29 is 38.2 Å². The van der Waals surface area contributed by atoms with Crippen molar-refractivity contribution in [3.05, 3.63) is 24.3 Å². The first kappa shape index (κ1) is 44.8. The average molecular weight is 667 g/mol. The van der Waals surface area contributed by atoms with Crippen LogP contribution in [0.4, 0.5) is 0 Å². The molecule has 2 unspecified atom stereocenters. The van der Waals surface area contributed by atoms with Crippen LogP contribution in [0.5, 0.6) is 0 Å². The normalized spacial score (nSPS) is 13.3. The van der Waals surface area contributed by atoms with Crippen LogP contribution in [-0.4, -0.2) is 80.6 Å². The molecule has 0 amide bonds. The number of quaternary nitrogens is 1. The molecule has 47 heavy (non-hydrogen) atoms. The monoisotopic (exact) mass is 667 g/mol. The van der Waals surface area contributed by atoms with E-state index in [4.69, 9.17) is 14.2 Å². The number of rotatable bonds is 33. The Balaban J connectivity index is 4.47. The number of carbonyl (C=O) groups excluding carboxylic acids is 2. The Labute approximate surface area is 288 Å². The summed E-state index contributed by atoms with van der Waals surface area (Å²) in [5.41, 5.74) is 0. The summed E-state index contributed by atoms with van der Waals surface area (Å²) in [5, 5.41) is 9.56. The number of aliphatic carboxylic acids is 1. The van der Waals surface area contributed by atoms with Gasteiger partial charge in [-0.3, -0.25) is 9.59 Å². The molecule has 0 radical (unpaired) electrons. The van der Waals surface area contributed by atoms with Crippen LogP contribution < -0.4 is 0 Å². The molecule has 0 aromatic rings. The van der Waals surface area contributed by atoms with Gasteiger partial charge in [0, 0.05) is 19.3 Å². The molecule has 0 spiro atoms. The zero-order chi connectivity index (χ0) is 35.0. The highest BCUT2D eigenvalue weighted by Gasteiger charge is 2.31. The number of carbonyl (C=O) groups is 3. The minimum absolute atomic E-state index is 0.0484. The third-order valence-corrected chi connectivity index (χ3v) is 8.32. The number of esters is 2. The van der Waals surface area contributed by atoms with Gasteiger partial charge in [0.15, 0.2) is 12.1 Å². The Bertz CT molecular complexity index is 834. The Morgan fingerprint density at radius 2 is 1.09 bits per heavy atom. The summed E-state index contributed by atoms with van der Waals surface area (Å²) < 4.78 is 17.1. The molecule has 0 rings (SSSR count). The molecule has 0 aliphatic rings. The highest BCUT2D eigenvalue weighted by molar-refractivity contribution is 5.72. The van der Waals surface area contributed by atoms with Gasteiger partial charge in [-0.2, -0.15) is 0 Å². The van der Waals surface area contributed by atoms with Gasteiger partial charge in [0.2, 0.25) is 0 Å². The molecule has 0 aromatic heterocycles. The Morgan fingerprint density at radius 1 is 0.617 bits per heavy atom. The molecule has 0 saturated carbocycles. The third kappa shape index (κ3) is 29.7. The standard InChI is InChI=1S/C39H71NO7/c1-6-8-10-12-14-16-17-18-19-20-22-24-26-28-30-38(42)47-35(33-45-32-31-36(39(43)44)40(3,4)5)34-46-37(41)29-27-25-23-21-15-13-11-9-7-2/h19-21,23,35-36H,6-18,22,24-34H2,1-5H3/p+1/b20-19+,23-21+. The lowest BCUT2D eigenvalue weighted by atomic mass is 10.1. The Hall–Kier alpha value is -2.19. The molecule has 0 fully saturated rings. The molecule has 0 bridgehead atoms. The molecule has 274 valence electrons. The van der Waals surface area contributed by atoms with E-state index >= 15 is 0 Å². The average Bonchev–Trinajstić information content (AvgIpc) is 3.01. The van der Waals surface area contributed by atoms with Crippen molar-refractivity contribution in [3.63, 3.8) is 0 Å². The van der Waals surface area contributed by atoms with Gasteiger partial charge < -0.3 is 23.8 Å². The summed E-state index contributed by atoms with van der Waals surface area (Å²) in [7, 11) is 5.50. The summed E-state index contributed by atoms with van der Waals surface area (Å²) in [4.78, 5) is 36.6. The van der Waals surface area contributed by atoms with E-state index in [1.165, 1.54) is 70.6 Å². The fourth-order valence-electron chi connectivity index (χ4n) is 5.32. The smallest absolute Gasteiger partial charge is 0.362 e. The van der Waals surface area contributed by atoms with Gasteiger partial charge in [-0.25, -0.2) is 4.79 Å². The fourth-order valence-corrected chi connectivity index (χ4v) is 5.32. The molecular formula is C39H72NO7+. The lowest BCUT2D eigenvalue weighted by molar-refractivity contribution is -0.887. The lowest BCUT2D eigenvalue weighted by Gasteiger charge is -2.31. The van der Waals surface area contributed by atoms with Gasteiger partial charge in [0.05, 0.1) is 34.4 Å². The molecule has 0 aromatic carbocycles. The number of likely N-dealkylation sites (N-methyl/N-ethyl adjacent to an activating group) is 1. The van der Waals surface area contributed by atoms with E-state index in [1.807, 2.05) is 21.1 Å². The highest BCUT2D eigenvalue weighted by atomic mass is 16.6. The van der Waals surface area contributed by atoms with Gasteiger partial charge in [0.25, 0.3) is 0 Å². The van der Waals surface area contributed by atoms with Crippen molar-refractivity contribution in [2.45, 2.75) is 167 Å². The second-order valence-corrected chi connectivity index (χ2v) is 13.8. The zero-order valence-electron chi connectivity index (χ0n) is 31.0. The maximum Gasteiger partial charge on any atom is 0.362 e. The van der Waals surface area contributed by atoms with E-state index in [0.29, 0.717) is 25.7 Å². The molecule has 8 heteroatoms. The number of carboxylic acid groups (broad SMARTS) is 1. The zero-order valence-corrected chi connectivity index (χ0v) is 31.0. The molecular weight excluding hydrogens is 594 g/mol. The van der Waals surface area contributed by atoms with Crippen molar-refractivity contribution in [2.24, 2.45) is 0 Å². The minimum atomic E-state index is -0.881. The van der Waals surface area contributed by atoms with Gasteiger partial charge in [0.1, 0.15) is 6.61 Å². The van der Waals surface area contributed by atoms with Crippen LogP contribution in [0.1, 0.15) is 155 Å². The Kier molecular flexibility index (Phi) is 29.7. The van der Waals surface area contributed by atoms with Crippen LogP contribution >= 0.6 is 0 Å². The first-order chi connectivity index (χ1) is 22.6. The van der Waals surface area contributed by atoms with E-state index in [1.54, 1.807) is 0 Å². The minimum Gasteiger partial charge on any atom is -0.477 e. The summed E-state index contributed by atoms with van der Waals surface area (Å²) in [6, 6.07) is -0.616. The topological polar surface area (TPSA) is 99.1 Å². The van der Waals surface area contributed by atoms with Crippen LogP contribution in [0.15, 0.2) is 24.3 Å². The van der Waals surface area contributed by atoms with E-state index < -0.39 is 18.1 Å². The summed E-state index contributed by atoms with van der Waals surface area (Å²) in [5.74, 6) is -1.53. The van der Waals surface area contributed by atoms with Crippen molar-refractivity contribution in [1.29, 1.82) is 0 Å². The molecule has 0 saturated heterocycles. The third-order valence-electron chi connectivity index (χ3n) is 8.32. The van der Waals surface area contributed by atoms with Gasteiger partial charge in [-0.15, -0.1) is 0 Å². The molecule has 2 atom stereocenters. The molecule has 0 aliphatic carbocycles. The molecule has 1 N–H and O–H groups in total. The Morgan fingerprint density at radius 3 is 1.62 bits per heavy atom. The molecule has 0 aliphatic heterocycles. The van der Waals surface area contributed by atoms with Crippen LogP contribution in [0.2, 0.25) is 0 Å². The molecule has 0 heterocycles. The fraction of sp³-hybridized carbons (Fsp3) is 0.821. The maximum atomic E-state index is 12.6. The van der Waals surface area contributed by atoms with E-state index in [-0.39, 0.29) is 36.2 Å². The van der Waals surface area contributed by atoms with E-state index in [2.05, 4.69) is 38.2 Å². The molecule has 8 nitrogen and oxygen atoms in total. The van der Waals surface area contributed by atoms with Gasteiger partial charge in [-0.1, -0.05) is 102 Å². The van der Waals surface area contributed by atoms with E-state index in [9.17, 15) is 19.5 Å². The van der Waals surface area contributed by atoms with Crippen LogP contribution in [0.3, 0.4) is 0 Å². The first-order valence-electron chi connectivity index (χ1n) is 18.9. The number of unbranched alkanes of at least 4 members (excludes halogenated alkanes) is 15. The summed E-state index contributed by atoms with van der Waals surface area (Å²) >= 11 is 0. The SMILES string of the molecule is CCCCCC/C=C/CCCC(=O)OCC(COCCC(C(=O)O)[N+](C)(C)C)OC(=O)CCCCC/C=C/CCCCCCCCC. The quantitative estimate of drug-likeness (QED) is 0.0322. The second kappa shape index (κ2) is 31.1. The maximum absolute atomic E-state index is 12.6. The van der Waals surface area contributed by atoms with Crippen LogP contribution in [-0.2, 0) is 28.6 Å². The summed E-state index contributed by atoms with van der Waals surface area (Å²) in [6.45, 7) is 4.63. The first-order valence-corrected chi connectivity index (χ1v) is 18.9. The van der Waals surface area contributed by atoms with Gasteiger partial charge >= 0.3 is 17.9 Å². The highest BCUT2D eigenvalue weighted by Crippen LogP contribution is 2.12. The summed E-state index contributed by atoms with van der Waals surface area (Å²) in [6.07, 6.45) is 30.9.